The SMILES string of the molecule is Cc1ccc(NC(=O)c2cnn(C)c2NC(=O)c2ccc(C(=N)N3CCSCC3)cc2)cc1. The molecule has 1 aromatic heterocycles. The van der Waals surface area contributed by atoms with E-state index in [0.29, 0.717) is 22.9 Å². The van der Waals surface area contributed by atoms with Crippen molar-refractivity contribution in [3.8, 4) is 0 Å². The lowest BCUT2D eigenvalue weighted by atomic mass is 10.1. The largest absolute Gasteiger partial charge is 0.355 e. The van der Waals surface area contributed by atoms with Crippen molar-refractivity contribution in [3.63, 3.8) is 0 Å². The van der Waals surface area contributed by atoms with Crippen LogP contribution in [0.1, 0.15) is 31.8 Å². The van der Waals surface area contributed by atoms with Crippen LogP contribution in [0.25, 0.3) is 0 Å². The second-order valence-electron chi connectivity index (χ2n) is 7.83. The summed E-state index contributed by atoms with van der Waals surface area (Å²) in [4.78, 5) is 27.7. The average molecular weight is 463 g/mol. The van der Waals surface area contributed by atoms with Crippen molar-refractivity contribution in [2.45, 2.75) is 6.92 Å². The Labute approximate surface area is 196 Å². The van der Waals surface area contributed by atoms with Gasteiger partial charge in [-0.05, 0) is 31.2 Å². The molecular weight excluding hydrogens is 436 g/mol. The standard InChI is InChI=1S/C24H26N6O2S/c1-16-3-9-19(10-4-16)27-24(32)20-15-26-29(2)22(20)28-23(31)18-7-5-17(6-8-18)21(25)30-11-13-33-14-12-30/h3-10,15,25H,11-14H2,1-2H3,(H,27,32)(H,28,31). The maximum Gasteiger partial charge on any atom is 0.261 e. The Morgan fingerprint density at radius 1 is 0.939 bits per heavy atom. The van der Waals surface area contributed by atoms with Crippen LogP contribution in [-0.2, 0) is 7.05 Å². The zero-order chi connectivity index (χ0) is 23.4. The Hall–Kier alpha value is -3.59. The van der Waals surface area contributed by atoms with Crippen molar-refractivity contribution >= 4 is 40.9 Å². The van der Waals surface area contributed by atoms with Crippen LogP contribution in [0.5, 0.6) is 0 Å². The van der Waals surface area contributed by atoms with Gasteiger partial charge >= 0.3 is 0 Å². The van der Waals surface area contributed by atoms with Gasteiger partial charge in [0.25, 0.3) is 11.8 Å². The first-order valence-electron chi connectivity index (χ1n) is 10.7. The minimum Gasteiger partial charge on any atom is -0.355 e. The molecule has 0 bridgehead atoms. The molecule has 2 heterocycles. The number of benzene rings is 2. The zero-order valence-electron chi connectivity index (χ0n) is 18.6. The molecule has 1 aliphatic heterocycles. The molecule has 3 N–H and O–H groups in total. The van der Waals surface area contributed by atoms with Crippen LogP contribution in [0.4, 0.5) is 11.5 Å². The first kappa shape index (κ1) is 22.6. The Balaban J connectivity index is 1.45. The van der Waals surface area contributed by atoms with E-state index in [9.17, 15) is 9.59 Å². The van der Waals surface area contributed by atoms with Crippen molar-refractivity contribution in [2.24, 2.45) is 7.05 Å². The number of anilines is 2. The highest BCUT2D eigenvalue weighted by Gasteiger charge is 2.20. The molecular formula is C24H26N6O2S. The van der Waals surface area contributed by atoms with Gasteiger partial charge in [0, 0.05) is 48.5 Å². The van der Waals surface area contributed by atoms with Crippen LogP contribution in [0, 0.1) is 12.3 Å². The average Bonchev–Trinajstić information content (AvgIpc) is 3.20. The number of aryl methyl sites for hydroxylation is 2. The number of aromatic nitrogens is 2. The van der Waals surface area contributed by atoms with Gasteiger partial charge in [-0.1, -0.05) is 29.8 Å². The molecule has 2 amide bonds. The summed E-state index contributed by atoms with van der Waals surface area (Å²) < 4.78 is 1.46. The van der Waals surface area contributed by atoms with Crippen LogP contribution in [-0.4, -0.2) is 56.9 Å². The summed E-state index contributed by atoms with van der Waals surface area (Å²) in [5.41, 5.74) is 3.24. The molecule has 4 rings (SSSR count). The summed E-state index contributed by atoms with van der Waals surface area (Å²) in [5.74, 6) is 2.12. The first-order valence-corrected chi connectivity index (χ1v) is 11.8. The summed E-state index contributed by atoms with van der Waals surface area (Å²) in [6.45, 7) is 3.70. The Bertz CT molecular complexity index is 1160. The quantitative estimate of drug-likeness (QED) is 0.397. The number of carbonyl (C=O) groups is 2. The number of amidine groups is 1. The van der Waals surface area contributed by atoms with Gasteiger partial charge in [-0.15, -0.1) is 0 Å². The molecule has 0 unspecified atom stereocenters. The highest BCUT2D eigenvalue weighted by molar-refractivity contribution is 7.99. The lowest BCUT2D eigenvalue weighted by molar-refractivity contribution is 0.102. The molecule has 0 atom stereocenters. The minimum absolute atomic E-state index is 0.271. The minimum atomic E-state index is -0.356. The molecule has 0 spiro atoms. The number of hydrogen-bond acceptors (Lipinski definition) is 5. The lowest BCUT2D eigenvalue weighted by Gasteiger charge is -2.28. The second kappa shape index (κ2) is 9.91. The predicted molar refractivity (Wildman–Crippen MR) is 132 cm³/mol. The number of carbonyl (C=O) groups excluding carboxylic acids is 2. The number of hydrogen-bond donors (Lipinski definition) is 3. The van der Waals surface area contributed by atoms with E-state index < -0.39 is 0 Å². The maximum absolute atomic E-state index is 12.9. The number of thioether (sulfide) groups is 1. The number of nitrogens with zero attached hydrogens (tertiary/aromatic N) is 3. The van der Waals surface area contributed by atoms with Crippen LogP contribution in [0.2, 0.25) is 0 Å². The molecule has 9 heteroatoms. The van der Waals surface area contributed by atoms with E-state index in [1.807, 2.05) is 43.0 Å². The van der Waals surface area contributed by atoms with Crippen LogP contribution in [0.15, 0.2) is 54.7 Å². The van der Waals surface area contributed by atoms with Gasteiger partial charge in [0.1, 0.15) is 17.2 Å². The molecule has 1 fully saturated rings. The first-order chi connectivity index (χ1) is 15.9. The third-order valence-corrected chi connectivity index (χ3v) is 6.42. The predicted octanol–water partition coefficient (Wildman–Crippen LogP) is 3.61. The number of nitrogens with one attached hydrogen (secondary N) is 3. The molecule has 170 valence electrons. The molecule has 33 heavy (non-hydrogen) atoms. The van der Waals surface area contributed by atoms with E-state index in [4.69, 9.17) is 5.41 Å². The number of rotatable bonds is 5. The Morgan fingerprint density at radius 2 is 1.58 bits per heavy atom. The van der Waals surface area contributed by atoms with E-state index in [1.165, 1.54) is 10.9 Å². The topological polar surface area (TPSA) is 103 Å². The van der Waals surface area contributed by atoms with Crippen LogP contribution in [0.3, 0.4) is 0 Å². The Kier molecular flexibility index (Phi) is 6.79. The normalized spacial score (nSPS) is 13.5. The van der Waals surface area contributed by atoms with Gasteiger partial charge < -0.3 is 15.5 Å². The molecule has 0 saturated carbocycles. The summed E-state index contributed by atoms with van der Waals surface area (Å²) >= 11 is 1.90. The second-order valence-corrected chi connectivity index (χ2v) is 9.05. The molecule has 1 saturated heterocycles. The van der Waals surface area contributed by atoms with E-state index in [-0.39, 0.29) is 17.4 Å². The summed E-state index contributed by atoms with van der Waals surface area (Å²) in [6.07, 6.45) is 1.43. The van der Waals surface area contributed by atoms with Gasteiger partial charge in [-0.3, -0.25) is 19.7 Å². The van der Waals surface area contributed by atoms with Gasteiger partial charge in [-0.25, -0.2) is 0 Å². The van der Waals surface area contributed by atoms with E-state index >= 15 is 0 Å². The fourth-order valence-electron chi connectivity index (χ4n) is 3.52. The number of amides is 2. The summed E-state index contributed by atoms with van der Waals surface area (Å²) in [5, 5.41) is 18.2. The van der Waals surface area contributed by atoms with Crippen molar-refractivity contribution in [2.75, 3.05) is 35.2 Å². The summed E-state index contributed by atoms with van der Waals surface area (Å²) in [7, 11) is 1.67. The molecule has 1 aliphatic rings. The third-order valence-electron chi connectivity index (χ3n) is 5.47. The van der Waals surface area contributed by atoms with Crippen LogP contribution >= 0.6 is 11.8 Å². The van der Waals surface area contributed by atoms with E-state index in [0.717, 1.165) is 35.7 Å². The Morgan fingerprint density at radius 3 is 2.24 bits per heavy atom. The van der Waals surface area contributed by atoms with Crippen molar-refractivity contribution < 1.29 is 9.59 Å². The van der Waals surface area contributed by atoms with Crippen LogP contribution < -0.4 is 10.6 Å². The fourth-order valence-corrected chi connectivity index (χ4v) is 4.42. The highest BCUT2D eigenvalue weighted by atomic mass is 32.2. The zero-order valence-corrected chi connectivity index (χ0v) is 19.4. The van der Waals surface area contributed by atoms with Crippen molar-refractivity contribution in [1.29, 1.82) is 5.41 Å². The molecule has 3 aromatic rings. The summed E-state index contributed by atoms with van der Waals surface area (Å²) in [6, 6.07) is 14.4. The fraction of sp³-hybridized carbons (Fsp3) is 0.250. The van der Waals surface area contributed by atoms with E-state index in [1.54, 1.807) is 31.3 Å². The van der Waals surface area contributed by atoms with Crippen molar-refractivity contribution in [1.82, 2.24) is 14.7 Å². The third kappa shape index (κ3) is 5.25. The van der Waals surface area contributed by atoms with E-state index in [2.05, 4.69) is 20.6 Å². The lowest BCUT2D eigenvalue weighted by Crippen LogP contribution is -2.37. The smallest absolute Gasteiger partial charge is 0.261 e. The monoisotopic (exact) mass is 462 g/mol. The van der Waals surface area contributed by atoms with Gasteiger partial charge in [0.15, 0.2) is 0 Å². The van der Waals surface area contributed by atoms with Gasteiger partial charge in [0.2, 0.25) is 0 Å². The molecule has 0 aliphatic carbocycles. The molecule has 2 aromatic carbocycles. The molecule has 8 nitrogen and oxygen atoms in total. The van der Waals surface area contributed by atoms with Gasteiger partial charge in [0.05, 0.1) is 6.20 Å². The highest BCUT2D eigenvalue weighted by Crippen LogP contribution is 2.19. The van der Waals surface area contributed by atoms with Gasteiger partial charge in [-0.2, -0.15) is 16.9 Å². The van der Waals surface area contributed by atoms with Crippen molar-refractivity contribution in [3.05, 3.63) is 77.0 Å². The maximum atomic E-state index is 12.9. The molecule has 0 radical (unpaired) electrons.